The van der Waals surface area contributed by atoms with Crippen molar-refractivity contribution in [3.8, 4) is 0 Å². The third-order valence-electron chi connectivity index (χ3n) is 4.34. The minimum absolute atomic E-state index is 0.316. The third kappa shape index (κ3) is 3.53. The molecule has 1 heterocycles. The molecule has 1 unspecified atom stereocenters. The van der Waals surface area contributed by atoms with Crippen molar-refractivity contribution in [1.29, 1.82) is 0 Å². The van der Waals surface area contributed by atoms with Crippen LogP contribution in [0, 0.1) is 13.8 Å². The number of hydrogen-bond donors (Lipinski definition) is 1. The number of nitrogens with one attached hydrogen (secondary N) is 1. The zero-order valence-corrected chi connectivity index (χ0v) is 13.3. The van der Waals surface area contributed by atoms with E-state index in [4.69, 9.17) is 0 Å². The van der Waals surface area contributed by atoms with Gasteiger partial charge in [0.2, 0.25) is 0 Å². The van der Waals surface area contributed by atoms with E-state index in [0.29, 0.717) is 11.6 Å². The molecule has 1 aromatic carbocycles. The van der Waals surface area contributed by atoms with Crippen molar-refractivity contribution in [2.45, 2.75) is 58.2 Å². The number of aromatic nitrogens is 2. The molecule has 3 heteroatoms. The number of rotatable bonds is 6. The first kappa shape index (κ1) is 14.3. The molecule has 3 nitrogen and oxygen atoms in total. The summed E-state index contributed by atoms with van der Waals surface area (Å²) in [5.41, 5.74) is 4.09. The third-order valence-corrected chi connectivity index (χ3v) is 4.34. The van der Waals surface area contributed by atoms with Crippen LogP contribution in [-0.2, 0) is 13.0 Å². The molecule has 0 radical (unpaired) electrons. The molecule has 1 N–H and O–H groups in total. The highest BCUT2D eigenvalue weighted by molar-refractivity contribution is 5.21. The zero-order valence-electron chi connectivity index (χ0n) is 13.3. The molecule has 112 valence electrons. The summed E-state index contributed by atoms with van der Waals surface area (Å²) in [4.78, 5) is 0. The molecule has 1 aromatic heterocycles. The van der Waals surface area contributed by atoms with Crippen LogP contribution in [-0.4, -0.2) is 21.4 Å². The number of hydrogen-bond acceptors (Lipinski definition) is 2. The Morgan fingerprint density at radius 3 is 2.52 bits per heavy atom. The molecule has 0 aliphatic heterocycles. The first-order valence-electron chi connectivity index (χ1n) is 7.89. The monoisotopic (exact) mass is 283 g/mol. The fourth-order valence-electron chi connectivity index (χ4n) is 3.20. The van der Waals surface area contributed by atoms with Gasteiger partial charge in [0, 0.05) is 17.3 Å². The lowest BCUT2D eigenvalue weighted by molar-refractivity contribution is 0.375. The Labute approximate surface area is 127 Å². The topological polar surface area (TPSA) is 29.9 Å². The molecule has 0 spiro atoms. The number of benzene rings is 1. The van der Waals surface area contributed by atoms with Crippen LogP contribution in [0.5, 0.6) is 0 Å². The SMILES string of the molecule is Cc1cc(C)n(CC(C)NC2(Cc3ccccc3)CC2)n1. The van der Waals surface area contributed by atoms with Gasteiger partial charge in [-0.3, -0.25) is 4.68 Å². The van der Waals surface area contributed by atoms with Gasteiger partial charge >= 0.3 is 0 Å². The van der Waals surface area contributed by atoms with Crippen LogP contribution in [0.2, 0.25) is 0 Å². The smallest absolute Gasteiger partial charge is 0.0596 e. The first-order chi connectivity index (χ1) is 10.1. The summed E-state index contributed by atoms with van der Waals surface area (Å²) in [6.45, 7) is 7.39. The van der Waals surface area contributed by atoms with Gasteiger partial charge in [-0.25, -0.2) is 0 Å². The quantitative estimate of drug-likeness (QED) is 0.882. The second-order valence-corrected chi connectivity index (χ2v) is 6.60. The predicted molar refractivity (Wildman–Crippen MR) is 86.4 cm³/mol. The van der Waals surface area contributed by atoms with Gasteiger partial charge in [0.15, 0.2) is 0 Å². The Hall–Kier alpha value is -1.61. The van der Waals surface area contributed by atoms with E-state index in [-0.39, 0.29) is 0 Å². The van der Waals surface area contributed by atoms with Crippen molar-refractivity contribution in [3.63, 3.8) is 0 Å². The van der Waals surface area contributed by atoms with Crippen molar-refractivity contribution < 1.29 is 0 Å². The molecule has 2 aromatic rings. The predicted octanol–water partition coefficient (Wildman–Crippen LogP) is 3.25. The van der Waals surface area contributed by atoms with Gasteiger partial charge in [-0.05, 0) is 51.7 Å². The van der Waals surface area contributed by atoms with Crippen LogP contribution in [0.3, 0.4) is 0 Å². The van der Waals surface area contributed by atoms with Crippen LogP contribution in [0.15, 0.2) is 36.4 Å². The van der Waals surface area contributed by atoms with E-state index in [1.807, 2.05) is 0 Å². The lowest BCUT2D eigenvalue weighted by Crippen LogP contribution is -2.42. The van der Waals surface area contributed by atoms with Crippen LogP contribution in [0.25, 0.3) is 0 Å². The van der Waals surface area contributed by atoms with Crippen LogP contribution < -0.4 is 5.32 Å². The molecule has 21 heavy (non-hydrogen) atoms. The van der Waals surface area contributed by atoms with Gasteiger partial charge in [0.25, 0.3) is 0 Å². The van der Waals surface area contributed by atoms with E-state index in [2.05, 4.69) is 72.3 Å². The summed E-state index contributed by atoms with van der Waals surface area (Å²) >= 11 is 0. The van der Waals surface area contributed by atoms with Crippen molar-refractivity contribution in [1.82, 2.24) is 15.1 Å². The van der Waals surface area contributed by atoms with Crippen LogP contribution in [0.1, 0.15) is 36.7 Å². The minimum Gasteiger partial charge on any atom is -0.307 e. The Balaban J connectivity index is 1.59. The van der Waals surface area contributed by atoms with Crippen LogP contribution >= 0.6 is 0 Å². The molecule has 0 saturated heterocycles. The van der Waals surface area contributed by atoms with Crippen molar-refractivity contribution in [3.05, 3.63) is 53.3 Å². The Morgan fingerprint density at radius 1 is 1.24 bits per heavy atom. The molecule has 1 saturated carbocycles. The second kappa shape index (κ2) is 5.64. The number of aryl methyl sites for hydroxylation is 2. The van der Waals surface area contributed by atoms with Gasteiger partial charge in [0.05, 0.1) is 12.2 Å². The minimum atomic E-state index is 0.316. The van der Waals surface area contributed by atoms with Crippen molar-refractivity contribution in [2.75, 3.05) is 0 Å². The summed E-state index contributed by atoms with van der Waals surface area (Å²) in [6.07, 6.45) is 3.70. The lowest BCUT2D eigenvalue weighted by atomic mass is 10.0. The summed E-state index contributed by atoms with van der Waals surface area (Å²) in [7, 11) is 0. The maximum Gasteiger partial charge on any atom is 0.0596 e. The highest BCUT2D eigenvalue weighted by atomic mass is 15.3. The van der Waals surface area contributed by atoms with Crippen molar-refractivity contribution in [2.24, 2.45) is 0 Å². The Kier molecular flexibility index (Phi) is 3.85. The lowest BCUT2D eigenvalue weighted by Gasteiger charge is -2.23. The molecule has 0 amide bonds. The normalized spacial score (nSPS) is 17.7. The van der Waals surface area contributed by atoms with E-state index < -0.39 is 0 Å². The molecule has 1 fully saturated rings. The number of nitrogens with zero attached hydrogens (tertiary/aromatic N) is 2. The van der Waals surface area contributed by atoms with Gasteiger partial charge < -0.3 is 5.32 Å². The van der Waals surface area contributed by atoms with Gasteiger partial charge in [-0.15, -0.1) is 0 Å². The van der Waals surface area contributed by atoms with E-state index in [9.17, 15) is 0 Å². The van der Waals surface area contributed by atoms with Crippen molar-refractivity contribution >= 4 is 0 Å². The summed E-state index contributed by atoms with van der Waals surface area (Å²) in [5.74, 6) is 0. The zero-order chi connectivity index (χ0) is 14.9. The average Bonchev–Trinajstić information content (AvgIpc) is 3.10. The summed E-state index contributed by atoms with van der Waals surface area (Å²) in [5, 5.41) is 8.40. The van der Waals surface area contributed by atoms with E-state index in [1.165, 1.54) is 24.1 Å². The van der Waals surface area contributed by atoms with Gasteiger partial charge in [-0.2, -0.15) is 5.10 Å². The molecular weight excluding hydrogens is 258 g/mol. The largest absolute Gasteiger partial charge is 0.307 e. The first-order valence-corrected chi connectivity index (χ1v) is 7.89. The fraction of sp³-hybridized carbons (Fsp3) is 0.500. The second-order valence-electron chi connectivity index (χ2n) is 6.60. The van der Waals surface area contributed by atoms with Gasteiger partial charge in [-0.1, -0.05) is 30.3 Å². The van der Waals surface area contributed by atoms with E-state index in [0.717, 1.165) is 18.7 Å². The van der Waals surface area contributed by atoms with Gasteiger partial charge in [0.1, 0.15) is 0 Å². The molecule has 1 aliphatic carbocycles. The highest BCUT2D eigenvalue weighted by Crippen LogP contribution is 2.39. The Morgan fingerprint density at radius 2 is 1.95 bits per heavy atom. The highest BCUT2D eigenvalue weighted by Gasteiger charge is 2.43. The summed E-state index contributed by atoms with van der Waals surface area (Å²) in [6, 6.07) is 13.4. The fourth-order valence-corrected chi connectivity index (χ4v) is 3.20. The van der Waals surface area contributed by atoms with E-state index in [1.54, 1.807) is 0 Å². The average molecular weight is 283 g/mol. The molecule has 3 rings (SSSR count). The van der Waals surface area contributed by atoms with Crippen LogP contribution in [0.4, 0.5) is 0 Å². The standard InChI is InChI=1S/C18H25N3/c1-14-11-16(3)21(20-14)13-15(2)19-18(9-10-18)12-17-7-5-4-6-8-17/h4-8,11,15,19H,9-10,12-13H2,1-3H3. The molecule has 0 bridgehead atoms. The van der Waals surface area contributed by atoms with E-state index >= 15 is 0 Å². The Bertz CT molecular complexity index is 596. The maximum absolute atomic E-state index is 4.56. The molecule has 1 atom stereocenters. The summed E-state index contributed by atoms with van der Waals surface area (Å²) < 4.78 is 2.12. The molecule has 1 aliphatic rings. The maximum atomic E-state index is 4.56. The molecular formula is C18H25N3.